The number of para-hydroxylation sites is 1. The molecule has 2 rings (SSSR count). The number of halogens is 1. The van der Waals surface area contributed by atoms with Crippen LogP contribution in [0.5, 0.6) is 0 Å². The van der Waals surface area contributed by atoms with Gasteiger partial charge in [0.05, 0.1) is 5.56 Å². The van der Waals surface area contributed by atoms with E-state index in [0.717, 1.165) is 30.2 Å². The quantitative estimate of drug-likeness (QED) is 0.583. The maximum absolute atomic E-state index is 11.0. The molecule has 0 spiro atoms. The molecule has 1 aromatic heterocycles. The van der Waals surface area contributed by atoms with Gasteiger partial charge in [0.25, 0.3) is 0 Å². The van der Waals surface area contributed by atoms with Gasteiger partial charge in [0, 0.05) is 17.4 Å². The molecule has 0 bridgehead atoms. The summed E-state index contributed by atoms with van der Waals surface area (Å²) in [6.07, 6.45) is 3.48. The zero-order valence-corrected chi connectivity index (χ0v) is 9.57. The monoisotopic (exact) mass is 233 g/mol. The van der Waals surface area contributed by atoms with Crippen molar-refractivity contribution in [1.29, 1.82) is 0 Å². The minimum Gasteiger partial charge on any atom is -0.331 e. The third kappa shape index (κ3) is 1.65. The van der Waals surface area contributed by atoms with E-state index in [4.69, 9.17) is 11.6 Å². The second-order valence-electron chi connectivity index (χ2n) is 3.57. The molecule has 0 saturated carbocycles. The number of aryl methyl sites for hydroxylation is 1. The van der Waals surface area contributed by atoms with E-state index < -0.39 is 0 Å². The van der Waals surface area contributed by atoms with E-state index in [1.165, 1.54) is 0 Å². The molecular formula is C13H12ClNO. The molecule has 0 fully saturated rings. The lowest BCUT2D eigenvalue weighted by molar-refractivity contribution is 0.112. The van der Waals surface area contributed by atoms with Gasteiger partial charge in [-0.15, -0.1) is 6.58 Å². The lowest BCUT2D eigenvalue weighted by atomic mass is 10.2. The van der Waals surface area contributed by atoms with Crippen molar-refractivity contribution < 1.29 is 4.79 Å². The molecule has 0 amide bonds. The molecule has 0 aliphatic heterocycles. The van der Waals surface area contributed by atoms with Crippen molar-refractivity contribution >= 4 is 28.8 Å². The maximum Gasteiger partial charge on any atom is 0.153 e. The Morgan fingerprint density at radius 3 is 2.81 bits per heavy atom. The first-order chi connectivity index (χ1) is 7.79. The van der Waals surface area contributed by atoms with Crippen molar-refractivity contribution in [3.8, 4) is 0 Å². The molecule has 16 heavy (non-hydrogen) atoms. The number of rotatable bonds is 4. The SMILES string of the molecule is C=CCCn1c(Cl)c(C=O)c2ccccc21. The van der Waals surface area contributed by atoms with Gasteiger partial charge in [-0.05, 0) is 12.5 Å². The first kappa shape index (κ1) is 11.0. The van der Waals surface area contributed by atoms with Gasteiger partial charge in [0.2, 0.25) is 0 Å². The second kappa shape index (κ2) is 4.54. The summed E-state index contributed by atoms with van der Waals surface area (Å²) < 4.78 is 1.95. The van der Waals surface area contributed by atoms with Crippen LogP contribution >= 0.6 is 11.6 Å². The molecule has 82 valence electrons. The van der Waals surface area contributed by atoms with Crippen molar-refractivity contribution in [2.45, 2.75) is 13.0 Å². The highest BCUT2D eigenvalue weighted by Gasteiger charge is 2.13. The largest absolute Gasteiger partial charge is 0.331 e. The summed E-state index contributed by atoms with van der Waals surface area (Å²) in [5.41, 5.74) is 1.57. The zero-order chi connectivity index (χ0) is 11.5. The van der Waals surface area contributed by atoms with Crippen LogP contribution in [0, 0.1) is 0 Å². The molecule has 0 saturated heterocycles. The third-order valence-corrected chi connectivity index (χ3v) is 3.03. The summed E-state index contributed by atoms with van der Waals surface area (Å²) in [6, 6.07) is 7.73. The van der Waals surface area contributed by atoms with Crippen molar-refractivity contribution in [3.05, 3.63) is 47.6 Å². The summed E-state index contributed by atoms with van der Waals surface area (Å²) in [5, 5.41) is 1.42. The van der Waals surface area contributed by atoms with Gasteiger partial charge in [-0.1, -0.05) is 35.9 Å². The number of aldehydes is 1. The van der Waals surface area contributed by atoms with E-state index in [1.54, 1.807) is 0 Å². The number of aromatic nitrogens is 1. The number of hydrogen-bond donors (Lipinski definition) is 0. The smallest absolute Gasteiger partial charge is 0.153 e. The van der Waals surface area contributed by atoms with Crippen molar-refractivity contribution in [2.24, 2.45) is 0 Å². The van der Waals surface area contributed by atoms with Crippen LogP contribution in [0.4, 0.5) is 0 Å². The van der Waals surface area contributed by atoms with Crippen molar-refractivity contribution in [1.82, 2.24) is 4.57 Å². The van der Waals surface area contributed by atoms with Crippen molar-refractivity contribution in [3.63, 3.8) is 0 Å². The molecule has 1 heterocycles. The molecule has 2 nitrogen and oxygen atoms in total. The topological polar surface area (TPSA) is 22.0 Å². The summed E-state index contributed by atoms with van der Waals surface area (Å²) in [5.74, 6) is 0. The van der Waals surface area contributed by atoms with Gasteiger partial charge in [-0.25, -0.2) is 0 Å². The molecule has 0 unspecified atom stereocenters. The summed E-state index contributed by atoms with van der Waals surface area (Å²) >= 11 is 6.19. The van der Waals surface area contributed by atoms with Crippen molar-refractivity contribution in [2.75, 3.05) is 0 Å². The molecular weight excluding hydrogens is 222 g/mol. The first-order valence-corrected chi connectivity index (χ1v) is 5.50. The number of nitrogens with zero attached hydrogens (tertiary/aromatic N) is 1. The molecule has 0 radical (unpaired) electrons. The number of hydrogen-bond acceptors (Lipinski definition) is 1. The van der Waals surface area contributed by atoms with E-state index in [1.807, 2.05) is 34.9 Å². The van der Waals surface area contributed by atoms with Crippen LogP contribution in [-0.2, 0) is 6.54 Å². The van der Waals surface area contributed by atoms with E-state index in [9.17, 15) is 4.79 Å². The van der Waals surface area contributed by atoms with Crippen LogP contribution in [0.1, 0.15) is 16.8 Å². The number of allylic oxidation sites excluding steroid dienone is 1. The summed E-state index contributed by atoms with van der Waals surface area (Å²) in [7, 11) is 0. The normalized spacial score (nSPS) is 10.6. The van der Waals surface area contributed by atoms with Gasteiger partial charge < -0.3 is 4.57 Å². The minimum absolute atomic E-state index is 0.512. The maximum atomic E-state index is 11.0. The average Bonchev–Trinajstić information content (AvgIpc) is 2.58. The van der Waals surface area contributed by atoms with E-state index >= 15 is 0 Å². The number of fused-ring (bicyclic) bond motifs is 1. The fourth-order valence-corrected chi connectivity index (χ4v) is 2.17. The Morgan fingerprint density at radius 1 is 1.38 bits per heavy atom. The lowest BCUT2D eigenvalue weighted by Gasteiger charge is -2.04. The fourth-order valence-electron chi connectivity index (χ4n) is 1.85. The molecule has 1 aromatic carbocycles. The average molecular weight is 234 g/mol. The molecule has 0 atom stereocenters. The van der Waals surface area contributed by atoms with Crippen LogP contribution in [-0.4, -0.2) is 10.9 Å². The molecule has 0 N–H and O–H groups in total. The van der Waals surface area contributed by atoms with Crippen LogP contribution in [0.25, 0.3) is 10.9 Å². The molecule has 2 aromatic rings. The number of carbonyl (C=O) groups is 1. The molecule has 0 aliphatic carbocycles. The van der Waals surface area contributed by atoms with Gasteiger partial charge in [-0.2, -0.15) is 0 Å². The standard InChI is InChI=1S/C13H12ClNO/c1-2-3-8-15-12-7-5-4-6-10(12)11(9-16)13(15)14/h2,4-7,9H,1,3,8H2. The van der Waals surface area contributed by atoms with Gasteiger partial charge >= 0.3 is 0 Å². The molecule has 3 heteroatoms. The minimum atomic E-state index is 0.512. The van der Waals surface area contributed by atoms with Crippen LogP contribution in [0.2, 0.25) is 5.15 Å². The van der Waals surface area contributed by atoms with Gasteiger partial charge in [0.15, 0.2) is 6.29 Å². The van der Waals surface area contributed by atoms with Crippen LogP contribution in [0.3, 0.4) is 0 Å². The Morgan fingerprint density at radius 2 is 2.12 bits per heavy atom. The Kier molecular flexibility index (Phi) is 3.11. The van der Waals surface area contributed by atoms with Crippen LogP contribution in [0.15, 0.2) is 36.9 Å². The molecule has 0 aliphatic rings. The van der Waals surface area contributed by atoms with Crippen LogP contribution < -0.4 is 0 Å². The van der Waals surface area contributed by atoms with E-state index in [2.05, 4.69) is 6.58 Å². The Hall–Kier alpha value is -1.54. The predicted molar refractivity (Wildman–Crippen MR) is 67.1 cm³/mol. The highest BCUT2D eigenvalue weighted by molar-refractivity contribution is 6.34. The van der Waals surface area contributed by atoms with E-state index in [0.29, 0.717) is 10.7 Å². The number of benzene rings is 1. The summed E-state index contributed by atoms with van der Waals surface area (Å²) in [4.78, 5) is 11.0. The summed E-state index contributed by atoms with van der Waals surface area (Å²) in [6.45, 7) is 4.43. The number of carbonyl (C=O) groups excluding carboxylic acids is 1. The van der Waals surface area contributed by atoms with Gasteiger partial charge in [0.1, 0.15) is 5.15 Å². The highest BCUT2D eigenvalue weighted by Crippen LogP contribution is 2.28. The Bertz CT molecular complexity index is 542. The predicted octanol–water partition coefficient (Wildman–Crippen LogP) is 3.68. The first-order valence-electron chi connectivity index (χ1n) is 5.12. The Labute approximate surface area is 99.1 Å². The highest BCUT2D eigenvalue weighted by atomic mass is 35.5. The fraction of sp³-hybridized carbons (Fsp3) is 0.154. The Balaban J connectivity index is 2.66. The second-order valence-corrected chi connectivity index (χ2v) is 3.93. The van der Waals surface area contributed by atoms with E-state index in [-0.39, 0.29) is 0 Å². The third-order valence-electron chi connectivity index (χ3n) is 2.62. The lowest BCUT2D eigenvalue weighted by Crippen LogP contribution is -1.96. The zero-order valence-electron chi connectivity index (χ0n) is 8.82. The van der Waals surface area contributed by atoms with Gasteiger partial charge in [-0.3, -0.25) is 4.79 Å².